The minimum atomic E-state index is -0.109. The number of anilines is 1. The summed E-state index contributed by atoms with van der Waals surface area (Å²) in [6.45, 7) is 9.03. The second kappa shape index (κ2) is 7.59. The molecule has 0 spiro atoms. The third-order valence-corrected chi connectivity index (χ3v) is 4.23. The standard InChI is InChI=1S/C18H24N4O2/c1-13-4-3-5-15(12-13)16-14(2)20-18(21-17(16)23)19-6-7-22-8-10-24-11-9-22/h3-5,12H,6-11H2,1-2H3,(H2,19,20,21,23). The Morgan fingerprint density at radius 2 is 2.08 bits per heavy atom. The van der Waals surface area contributed by atoms with Gasteiger partial charge in [-0.1, -0.05) is 29.8 Å². The molecule has 0 atom stereocenters. The van der Waals surface area contributed by atoms with Gasteiger partial charge in [0.05, 0.1) is 24.5 Å². The van der Waals surface area contributed by atoms with Crippen molar-refractivity contribution in [1.29, 1.82) is 0 Å². The van der Waals surface area contributed by atoms with E-state index in [-0.39, 0.29) is 5.56 Å². The van der Waals surface area contributed by atoms with Gasteiger partial charge in [0.1, 0.15) is 0 Å². The first kappa shape index (κ1) is 16.7. The van der Waals surface area contributed by atoms with Gasteiger partial charge in [0.2, 0.25) is 5.95 Å². The minimum Gasteiger partial charge on any atom is -0.379 e. The fraction of sp³-hybridized carbons (Fsp3) is 0.444. The first-order valence-electron chi connectivity index (χ1n) is 8.35. The van der Waals surface area contributed by atoms with Crippen molar-refractivity contribution in [3.8, 4) is 11.1 Å². The van der Waals surface area contributed by atoms with Gasteiger partial charge >= 0.3 is 0 Å². The average Bonchev–Trinajstić information content (AvgIpc) is 2.55. The van der Waals surface area contributed by atoms with Crippen LogP contribution < -0.4 is 10.9 Å². The molecule has 1 saturated heterocycles. The predicted molar refractivity (Wildman–Crippen MR) is 95.5 cm³/mol. The van der Waals surface area contributed by atoms with Crippen LogP contribution in [0.5, 0.6) is 0 Å². The van der Waals surface area contributed by atoms with Crippen molar-refractivity contribution in [2.75, 3.05) is 44.7 Å². The molecule has 6 heteroatoms. The Bertz CT molecular complexity index is 751. The number of hydrogen-bond acceptors (Lipinski definition) is 5. The zero-order valence-corrected chi connectivity index (χ0v) is 14.3. The van der Waals surface area contributed by atoms with Gasteiger partial charge in [-0.25, -0.2) is 4.98 Å². The number of morpholine rings is 1. The number of aromatic amines is 1. The van der Waals surface area contributed by atoms with Gasteiger partial charge < -0.3 is 10.1 Å². The Morgan fingerprint density at radius 3 is 2.79 bits per heavy atom. The van der Waals surface area contributed by atoms with E-state index in [2.05, 4.69) is 20.2 Å². The summed E-state index contributed by atoms with van der Waals surface area (Å²) >= 11 is 0. The van der Waals surface area contributed by atoms with E-state index in [4.69, 9.17) is 4.74 Å². The third-order valence-electron chi connectivity index (χ3n) is 4.23. The zero-order chi connectivity index (χ0) is 16.9. The lowest BCUT2D eigenvalue weighted by Crippen LogP contribution is -2.39. The van der Waals surface area contributed by atoms with Crippen molar-refractivity contribution < 1.29 is 4.74 Å². The summed E-state index contributed by atoms with van der Waals surface area (Å²) in [6.07, 6.45) is 0. The van der Waals surface area contributed by atoms with Gasteiger partial charge in [0.15, 0.2) is 0 Å². The molecule has 3 rings (SSSR count). The second-order valence-electron chi connectivity index (χ2n) is 6.13. The maximum absolute atomic E-state index is 12.5. The second-order valence-corrected chi connectivity index (χ2v) is 6.13. The van der Waals surface area contributed by atoms with Crippen LogP contribution in [0.2, 0.25) is 0 Å². The van der Waals surface area contributed by atoms with E-state index < -0.39 is 0 Å². The van der Waals surface area contributed by atoms with Crippen LogP contribution in [-0.4, -0.2) is 54.3 Å². The molecule has 0 amide bonds. The van der Waals surface area contributed by atoms with Crippen LogP contribution in [0, 0.1) is 13.8 Å². The average molecular weight is 328 g/mol. The van der Waals surface area contributed by atoms with E-state index >= 15 is 0 Å². The van der Waals surface area contributed by atoms with Crippen molar-refractivity contribution >= 4 is 5.95 Å². The molecule has 0 unspecified atom stereocenters. The smallest absolute Gasteiger partial charge is 0.260 e. The van der Waals surface area contributed by atoms with Crippen molar-refractivity contribution in [3.05, 3.63) is 45.9 Å². The van der Waals surface area contributed by atoms with Crippen LogP contribution in [0.4, 0.5) is 5.95 Å². The van der Waals surface area contributed by atoms with Gasteiger partial charge in [-0.3, -0.25) is 14.7 Å². The maximum Gasteiger partial charge on any atom is 0.260 e. The largest absolute Gasteiger partial charge is 0.379 e. The first-order chi connectivity index (χ1) is 11.6. The molecule has 1 aliphatic heterocycles. The van der Waals surface area contributed by atoms with E-state index in [1.807, 2.05) is 38.1 Å². The molecule has 6 nitrogen and oxygen atoms in total. The summed E-state index contributed by atoms with van der Waals surface area (Å²) < 4.78 is 5.34. The van der Waals surface area contributed by atoms with Gasteiger partial charge in [0.25, 0.3) is 5.56 Å². The molecule has 1 aromatic carbocycles. The monoisotopic (exact) mass is 328 g/mol. The van der Waals surface area contributed by atoms with E-state index in [0.717, 1.165) is 56.2 Å². The van der Waals surface area contributed by atoms with Gasteiger partial charge in [0, 0.05) is 26.2 Å². The fourth-order valence-electron chi connectivity index (χ4n) is 2.97. The van der Waals surface area contributed by atoms with E-state index in [0.29, 0.717) is 11.5 Å². The molecule has 0 aliphatic carbocycles. The van der Waals surface area contributed by atoms with Crippen LogP contribution in [0.1, 0.15) is 11.3 Å². The van der Waals surface area contributed by atoms with Crippen LogP contribution in [0.3, 0.4) is 0 Å². The molecule has 1 aromatic heterocycles. The van der Waals surface area contributed by atoms with Crippen LogP contribution >= 0.6 is 0 Å². The summed E-state index contributed by atoms with van der Waals surface area (Å²) in [6, 6.07) is 7.92. The highest BCUT2D eigenvalue weighted by Gasteiger charge is 2.12. The van der Waals surface area contributed by atoms with Crippen LogP contribution in [0.15, 0.2) is 29.1 Å². The van der Waals surface area contributed by atoms with Gasteiger partial charge in [-0.15, -0.1) is 0 Å². The lowest BCUT2D eigenvalue weighted by Gasteiger charge is -2.26. The summed E-state index contributed by atoms with van der Waals surface area (Å²) in [5, 5.41) is 3.21. The highest BCUT2D eigenvalue weighted by molar-refractivity contribution is 5.66. The molecule has 0 radical (unpaired) electrons. The topological polar surface area (TPSA) is 70.2 Å². The number of hydrogen-bond donors (Lipinski definition) is 2. The third kappa shape index (κ3) is 4.01. The van der Waals surface area contributed by atoms with Crippen molar-refractivity contribution in [3.63, 3.8) is 0 Å². The number of nitrogens with zero attached hydrogens (tertiary/aromatic N) is 2. The predicted octanol–water partition coefficient (Wildman–Crippen LogP) is 1.80. The zero-order valence-electron chi connectivity index (χ0n) is 14.3. The SMILES string of the molecule is Cc1cccc(-c2c(C)nc(NCCN3CCOCC3)[nH]c2=O)c1. The Kier molecular flexibility index (Phi) is 5.27. The quantitative estimate of drug-likeness (QED) is 0.876. The number of aryl methyl sites for hydroxylation is 2. The van der Waals surface area contributed by atoms with Crippen molar-refractivity contribution in [2.45, 2.75) is 13.8 Å². The summed E-state index contributed by atoms with van der Waals surface area (Å²) in [7, 11) is 0. The molecule has 24 heavy (non-hydrogen) atoms. The molecule has 0 bridgehead atoms. The lowest BCUT2D eigenvalue weighted by molar-refractivity contribution is 0.0398. The van der Waals surface area contributed by atoms with Crippen LogP contribution in [0.25, 0.3) is 11.1 Å². The number of rotatable bonds is 5. The summed E-state index contributed by atoms with van der Waals surface area (Å²) in [5.41, 5.74) is 3.29. The molecule has 0 saturated carbocycles. The Balaban J connectivity index is 1.69. The first-order valence-corrected chi connectivity index (χ1v) is 8.35. The number of ether oxygens (including phenoxy) is 1. The molecule has 1 fully saturated rings. The molecule has 2 heterocycles. The summed E-state index contributed by atoms with van der Waals surface area (Å²) in [5.74, 6) is 0.530. The number of nitrogens with one attached hydrogen (secondary N) is 2. The fourth-order valence-corrected chi connectivity index (χ4v) is 2.97. The van der Waals surface area contributed by atoms with E-state index in [9.17, 15) is 4.79 Å². The lowest BCUT2D eigenvalue weighted by atomic mass is 10.0. The molecule has 2 N–H and O–H groups in total. The number of benzene rings is 1. The molecule has 1 aliphatic rings. The molecular formula is C18H24N4O2. The van der Waals surface area contributed by atoms with E-state index in [1.54, 1.807) is 0 Å². The van der Waals surface area contributed by atoms with E-state index in [1.165, 1.54) is 0 Å². The van der Waals surface area contributed by atoms with Crippen molar-refractivity contribution in [1.82, 2.24) is 14.9 Å². The molecule has 128 valence electrons. The summed E-state index contributed by atoms with van der Waals surface area (Å²) in [4.78, 5) is 22.2. The minimum absolute atomic E-state index is 0.109. The number of aromatic nitrogens is 2. The molecular weight excluding hydrogens is 304 g/mol. The highest BCUT2D eigenvalue weighted by atomic mass is 16.5. The normalized spacial score (nSPS) is 15.4. The Morgan fingerprint density at radius 1 is 1.29 bits per heavy atom. The van der Waals surface area contributed by atoms with Crippen LogP contribution in [-0.2, 0) is 4.74 Å². The maximum atomic E-state index is 12.5. The van der Waals surface area contributed by atoms with Gasteiger partial charge in [-0.2, -0.15) is 0 Å². The van der Waals surface area contributed by atoms with Gasteiger partial charge in [-0.05, 0) is 19.4 Å². The number of H-pyrrole nitrogens is 1. The highest BCUT2D eigenvalue weighted by Crippen LogP contribution is 2.19. The Hall–Kier alpha value is -2.18. The van der Waals surface area contributed by atoms with Crippen molar-refractivity contribution in [2.24, 2.45) is 0 Å². The Labute approximate surface area is 141 Å². The molecule has 2 aromatic rings.